The highest BCUT2D eigenvalue weighted by Crippen LogP contribution is 2.39. The average Bonchev–Trinajstić information content (AvgIpc) is 3.75. The van der Waals surface area contributed by atoms with E-state index in [4.69, 9.17) is 9.41 Å². The van der Waals surface area contributed by atoms with Crippen LogP contribution in [-0.4, -0.2) is 12.6 Å². The highest BCUT2D eigenvalue weighted by atomic mass is 16.3. The standard InChI is InChI=1S/C45H32N2O.C7H8.C5H8.2C2H6/c1-30-23-24-42-43(40-21-9-10-22-41(40)48-42)44(30)47-45(46-2)36-20-12-18-34(26-36)33-17-11-19-35(25-33)39-28-37(31-13-5-3-6-14-31)27-38(29-39)32-15-7-4-8-16-32;1-7-5-3-2-4-6-7;1-3-5-4-2;2*1-2/h3-29H,2H2,1H3;2-6H,1H3;3-5H,1H2,2H3;2*1-2H3/b;;5-4-;;. The van der Waals surface area contributed by atoms with Crippen LogP contribution < -0.4 is 0 Å². The molecule has 3 nitrogen and oxygen atoms in total. The lowest BCUT2D eigenvalue weighted by Crippen LogP contribution is -1.97. The highest BCUT2D eigenvalue weighted by molar-refractivity contribution is 6.14. The van der Waals surface area contributed by atoms with Gasteiger partial charge in [0.05, 0.1) is 11.1 Å². The van der Waals surface area contributed by atoms with Crippen molar-refractivity contribution in [1.29, 1.82) is 0 Å². The number of para-hydroxylation sites is 1. The van der Waals surface area contributed by atoms with Crippen LogP contribution in [0.2, 0.25) is 0 Å². The summed E-state index contributed by atoms with van der Waals surface area (Å²) >= 11 is 0. The summed E-state index contributed by atoms with van der Waals surface area (Å²) in [5.74, 6) is 0.567. The lowest BCUT2D eigenvalue weighted by atomic mass is 9.92. The Morgan fingerprint density at radius 2 is 0.953 bits per heavy atom. The summed E-state index contributed by atoms with van der Waals surface area (Å²) in [6.45, 7) is 21.5. The van der Waals surface area contributed by atoms with Gasteiger partial charge in [-0.15, -0.1) is 0 Å². The Kier molecular flexibility index (Phi) is 18.3. The van der Waals surface area contributed by atoms with Crippen molar-refractivity contribution in [3.05, 3.63) is 236 Å². The molecular formula is C61H60N2O. The van der Waals surface area contributed by atoms with Crippen LogP contribution in [0.4, 0.5) is 5.69 Å². The first kappa shape index (κ1) is 47.4. The Morgan fingerprint density at radius 3 is 1.47 bits per heavy atom. The molecule has 0 aliphatic heterocycles. The van der Waals surface area contributed by atoms with Crippen LogP contribution in [0.25, 0.3) is 66.4 Å². The van der Waals surface area contributed by atoms with Gasteiger partial charge in [0.2, 0.25) is 0 Å². The van der Waals surface area contributed by atoms with E-state index in [0.29, 0.717) is 5.84 Å². The number of allylic oxidation sites excluding steroid dienone is 3. The first-order valence-electron chi connectivity index (χ1n) is 22.1. The van der Waals surface area contributed by atoms with Crippen molar-refractivity contribution in [3.8, 4) is 44.5 Å². The molecule has 8 aromatic carbocycles. The van der Waals surface area contributed by atoms with Gasteiger partial charge in [-0.2, -0.15) is 0 Å². The smallest absolute Gasteiger partial charge is 0.159 e. The second-order valence-corrected chi connectivity index (χ2v) is 14.4. The fraction of sp³-hybridized carbons (Fsp3) is 0.115. The van der Waals surface area contributed by atoms with Crippen molar-refractivity contribution in [2.24, 2.45) is 9.98 Å². The summed E-state index contributed by atoms with van der Waals surface area (Å²) in [5, 5.41) is 2.03. The predicted molar refractivity (Wildman–Crippen MR) is 281 cm³/mol. The highest BCUT2D eigenvalue weighted by Gasteiger charge is 2.15. The van der Waals surface area contributed by atoms with E-state index in [-0.39, 0.29) is 0 Å². The number of nitrogens with zero attached hydrogens (tertiary/aromatic N) is 2. The maximum atomic E-state index is 6.14. The molecule has 0 spiro atoms. The minimum Gasteiger partial charge on any atom is -0.456 e. The van der Waals surface area contributed by atoms with Crippen LogP contribution in [0.1, 0.15) is 51.3 Å². The number of rotatable bonds is 7. The van der Waals surface area contributed by atoms with Crippen molar-refractivity contribution in [3.63, 3.8) is 0 Å². The van der Waals surface area contributed by atoms with Gasteiger partial charge in [0.15, 0.2) is 5.84 Å². The summed E-state index contributed by atoms with van der Waals surface area (Å²) in [7, 11) is 0. The van der Waals surface area contributed by atoms with Crippen molar-refractivity contribution in [2.45, 2.75) is 48.5 Å². The quantitative estimate of drug-likeness (QED) is 0.0895. The number of fused-ring (bicyclic) bond motifs is 3. The molecule has 9 aromatic rings. The van der Waals surface area contributed by atoms with E-state index in [1.54, 1.807) is 6.08 Å². The van der Waals surface area contributed by atoms with Crippen molar-refractivity contribution < 1.29 is 4.42 Å². The molecule has 0 saturated carbocycles. The van der Waals surface area contributed by atoms with Gasteiger partial charge in [0.1, 0.15) is 11.2 Å². The van der Waals surface area contributed by atoms with Gasteiger partial charge in [-0.1, -0.05) is 210 Å². The Labute approximate surface area is 381 Å². The van der Waals surface area contributed by atoms with Gasteiger partial charge < -0.3 is 4.42 Å². The van der Waals surface area contributed by atoms with Gasteiger partial charge in [-0.05, 0) is 120 Å². The van der Waals surface area contributed by atoms with E-state index < -0.39 is 0 Å². The normalized spacial score (nSPS) is 10.6. The summed E-state index contributed by atoms with van der Waals surface area (Å²) in [5.41, 5.74) is 15.0. The van der Waals surface area contributed by atoms with Crippen LogP contribution in [0.3, 0.4) is 0 Å². The molecule has 0 atom stereocenters. The maximum absolute atomic E-state index is 6.14. The Hall–Kier alpha value is -7.62. The molecule has 9 rings (SSSR count). The summed E-state index contributed by atoms with van der Waals surface area (Å²) < 4.78 is 6.14. The van der Waals surface area contributed by atoms with Crippen LogP contribution in [-0.2, 0) is 0 Å². The second-order valence-electron chi connectivity index (χ2n) is 14.4. The number of aliphatic imine (C=N–C) groups is 2. The average molecular weight is 837 g/mol. The number of hydrogen-bond donors (Lipinski definition) is 0. The number of amidine groups is 1. The molecular weight excluding hydrogens is 777 g/mol. The minimum atomic E-state index is 0.567. The Balaban J connectivity index is 0.000000415. The molecule has 1 heterocycles. The van der Waals surface area contributed by atoms with E-state index in [1.165, 1.54) is 33.4 Å². The van der Waals surface area contributed by atoms with E-state index in [2.05, 4.69) is 172 Å². The van der Waals surface area contributed by atoms with Gasteiger partial charge in [0.25, 0.3) is 0 Å². The van der Waals surface area contributed by atoms with Gasteiger partial charge in [0, 0.05) is 10.9 Å². The summed E-state index contributed by atoms with van der Waals surface area (Å²) in [4.78, 5) is 9.51. The van der Waals surface area contributed by atoms with Crippen molar-refractivity contribution in [2.75, 3.05) is 0 Å². The molecule has 0 bridgehead atoms. The van der Waals surface area contributed by atoms with E-state index >= 15 is 0 Å². The van der Waals surface area contributed by atoms with Gasteiger partial charge in [-0.3, -0.25) is 0 Å². The van der Waals surface area contributed by atoms with E-state index in [9.17, 15) is 0 Å². The lowest BCUT2D eigenvalue weighted by Gasteiger charge is -2.13. The molecule has 1 aromatic heterocycles. The van der Waals surface area contributed by atoms with E-state index in [0.717, 1.165) is 55.4 Å². The molecule has 0 fully saturated rings. The van der Waals surface area contributed by atoms with Crippen LogP contribution in [0.5, 0.6) is 0 Å². The third-order valence-electron chi connectivity index (χ3n) is 10.2. The zero-order valence-electron chi connectivity index (χ0n) is 38.4. The SMILES string of the molecule is C=C/C=C\C.C=NC(=Nc1c(C)ccc2oc3ccccc3c12)c1cccc(-c2cccc(-c3cc(-c4ccccc4)cc(-c4ccccc4)c3)c2)c1.CC.CC.Cc1ccccc1. The third kappa shape index (κ3) is 12.3. The third-order valence-corrected chi connectivity index (χ3v) is 10.2. The minimum absolute atomic E-state index is 0.567. The molecule has 0 aliphatic rings. The molecule has 0 radical (unpaired) electrons. The fourth-order valence-electron chi connectivity index (χ4n) is 7.12. The monoisotopic (exact) mass is 836 g/mol. The second kappa shape index (κ2) is 24.7. The van der Waals surface area contributed by atoms with Crippen LogP contribution in [0, 0.1) is 13.8 Å². The first-order valence-corrected chi connectivity index (χ1v) is 22.1. The van der Waals surface area contributed by atoms with E-state index in [1.807, 2.05) is 101 Å². The summed E-state index contributed by atoms with van der Waals surface area (Å²) in [6, 6.07) is 67.5. The predicted octanol–water partition coefficient (Wildman–Crippen LogP) is 18.1. The number of aryl methyl sites for hydroxylation is 2. The molecule has 0 saturated heterocycles. The first-order chi connectivity index (χ1) is 31.4. The van der Waals surface area contributed by atoms with Crippen LogP contribution >= 0.6 is 0 Å². The van der Waals surface area contributed by atoms with Crippen molar-refractivity contribution in [1.82, 2.24) is 0 Å². The number of benzene rings is 8. The Morgan fingerprint density at radius 1 is 0.484 bits per heavy atom. The Bertz CT molecular complexity index is 2860. The van der Waals surface area contributed by atoms with Crippen molar-refractivity contribution >= 4 is 40.2 Å². The lowest BCUT2D eigenvalue weighted by molar-refractivity contribution is 0.669. The molecule has 0 unspecified atom stereocenters. The molecule has 0 aliphatic carbocycles. The zero-order valence-corrected chi connectivity index (χ0v) is 38.4. The topological polar surface area (TPSA) is 37.9 Å². The maximum Gasteiger partial charge on any atom is 0.159 e. The fourth-order valence-corrected chi connectivity index (χ4v) is 7.12. The van der Waals surface area contributed by atoms with Gasteiger partial charge >= 0.3 is 0 Å². The van der Waals surface area contributed by atoms with Gasteiger partial charge in [-0.25, -0.2) is 9.98 Å². The molecule has 0 amide bonds. The molecule has 0 N–H and O–H groups in total. The zero-order chi connectivity index (χ0) is 45.7. The largest absolute Gasteiger partial charge is 0.456 e. The number of hydrogen-bond acceptors (Lipinski definition) is 2. The molecule has 64 heavy (non-hydrogen) atoms. The number of furan rings is 1. The summed E-state index contributed by atoms with van der Waals surface area (Å²) in [6.07, 6.45) is 5.58. The molecule has 3 heteroatoms. The molecule has 320 valence electrons. The van der Waals surface area contributed by atoms with Crippen LogP contribution in [0.15, 0.2) is 233 Å².